The van der Waals surface area contributed by atoms with Crippen molar-refractivity contribution in [3.05, 3.63) is 118 Å². The van der Waals surface area contributed by atoms with E-state index in [0.29, 0.717) is 10.9 Å². The summed E-state index contributed by atoms with van der Waals surface area (Å²) in [6.45, 7) is 0. The highest BCUT2D eigenvalue weighted by Gasteiger charge is 2.24. The molecule has 1 aliphatic heterocycles. The number of anilines is 1. The van der Waals surface area contributed by atoms with Crippen LogP contribution in [0.5, 0.6) is 0 Å². The molecule has 1 N–H and O–H groups in total. The zero-order valence-corrected chi connectivity index (χ0v) is 16.8. The molecular formula is C24H18N4OS. The van der Waals surface area contributed by atoms with E-state index in [4.69, 9.17) is 4.98 Å². The van der Waals surface area contributed by atoms with Gasteiger partial charge in [0, 0.05) is 27.7 Å². The molecule has 1 aliphatic rings. The molecule has 1 unspecified atom stereocenters. The van der Waals surface area contributed by atoms with Gasteiger partial charge in [-0.2, -0.15) is 0 Å². The van der Waals surface area contributed by atoms with Crippen LogP contribution in [0.3, 0.4) is 0 Å². The molecule has 0 saturated carbocycles. The summed E-state index contributed by atoms with van der Waals surface area (Å²) in [5, 5.41) is 2.63. The number of benzene rings is 3. The number of hydrogen-bond acceptors (Lipinski definition) is 3. The van der Waals surface area contributed by atoms with Gasteiger partial charge in [0.05, 0.1) is 17.1 Å². The van der Waals surface area contributed by atoms with Crippen molar-refractivity contribution in [2.75, 3.05) is 5.43 Å². The first-order chi connectivity index (χ1) is 14.8. The molecule has 1 atom stereocenters. The Hall–Kier alpha value is -3.77. The number of fused-ring (bicyclic) bond motifs is 1. The Kier molecular flexibility index (Phi) is 4.83. The molecule has 0 radical (unpaired) electrons. The van der Waals surface area contributed by atoms with E-state index in [-0.39, 0.29) is 5.56 Å². The third-order valence-electron chi connectivity index (χ3n) is 4.73. The van der Waals surface area contributed by atoms with Crippen LogP contribution in [-0.2, 0) is 10.7 Å². The first kappa shape index (κ1) is 18.3. The second-order valence-corrected chi connectivity index (χ2v) is 8.13. The molecule has 0 amide bonds. The molecule has 5 nitrogen and oxygen atoms in total. The third-order valence-corrected chi connectivity index (χ3v) is 6.11. The molecular weight excluding hydrogens is 392 g/mol. The predicted molar refractivity (Wildman–Crippen MR) is 122 cm³/mol. The van der Waals surface area contributed by atoms with Crippen LogP contribution in [-0.4, -0.2) is 9.55 Å². The van der Waals surface area contributed by atoms with E-state index in [2.05, 4.69) is 9.90 Å². The van der Waals surface area contributed by atoms with Crippen LogP contribution in [0.15, 0.2) is 117 Å². The molecule has 0 bridgehead atoms. The molecule has 2 heterocycles. The largest absolute Gasteiger partial charge is 0.272 e. The van der Waals surface area contributed by atoms with Gasteiger partial charge in [-0.25, -0.2) is 4.98 Å². The van der Waals surface area contributed by atoms with Crippen LogP contribution in [0.4, 0.5) is 5.69 Å². The molecule has 3 aromatic carbocycles. The summed E-state index contributed by atoms with van der Waals surface area (Å²) >= 11 is 0. The highest BCUT2D eigenvalue weighted by atomic mass is 32.2. The quantitative estimate of drug-likeness (QED) is 0.382. The molecule has 146 valence electrons. The molecule has 5 rings (SSSR count). The maximum absolute atomic E-state index is 13.1. The maximum Gasteiger partial charge on any atom is 0.259 e. The molecule has 6 heteroatoms. The van der Waals surface area contributed by atoms with Crippen LogP contribution in [0.2, 0.25) is 0 Å². The predicted octanol–water partition coefficient (Wildman–Crippen LogP) is 4.96. The van der Waals surface area contributed by atoms with E-state index >= 15 is 0 Å². The first-order valence-electron chi connectivity index (χ1n) is 9.52. The molecule has 0 saturated heterocycles. The number of rotatable bonds is 4. The van der Waals surface area contributed by atoms with Crippen molar-refractivity contribution in [1.82, 2.24) is 9.55 Å². The van der Waals surface area contributed by atoms with Crippen LogP contribution in [0, 0.1) is 0 Å². The molecule has 0 fully saturated rings. The van der Waals surface area contributed by atoms with E-state index in [1.54, 1.807) is 10.6 Å². The summed E-state index contributed by atoms with van der Waals surface area (Å²) in [6, 6.07) is 30.9. The van der Waals surface area contributed by atoms with Gasteiger partial charge in [-0.05, 0) is 17.7 Å². The fourth-order valence-electron chi connectivity index (χ4n) is 3.28. The van der Waals surface area contributed by atoms with Crippen LogP contribution in [0.25, 0.3) is 17.0 Å². The number of nitrogens with zero attached hydrogens (tertiary/aromatic N) is 3. The molecule has 0 spiro atoms. The number of nitrogens with one attached hydrogen (secondary N) is 1. The van der Waals surface area contributed by atoms with E-state index in [1.807, 2.05) is 96.4 Å². The Labute approximate surface area is 176 Å². The smallest absolute Gasteiger partial charge is 0.259 e. The van der Waals surface area contributed by atoms with Crippen molar-refractivity contribution in [2.24, 2.45) is 4.47 Å². The minimum atomic E-state index is -0.724. The van der Waals surface area contributed by atoms with Gasteiger partial charge in [0.1, 0.15) is 0 Å². The lowest BCUT2D eigenvalue weighted by atomic mass is 10.1. The summed E-state index contributed by atoms with van der Waals surface area (Å²) in [5.41, 5.74) is 7.22. The third kappa shape index (κ3) is 3.49. The van der Waals surface area contributed by atoms with E-state index in [1.165, 1.54) is 0 Å². The monoisotopic (exact) mass is 410 g/mol. The van der Waals surface area contributed by atoms with E-state index < -0.39 is 10.7 Å². The lowest BCUT2D eigenvalue weighted by molar-refractivity contribution is 0.826. The summed E-state index contributed by atoms with van der Waals surface area (Å²) in [7, 11) is -0.724. The zero-order chi connectivity index (χ0) is 20.3. The van der Waals surface area contributed by atoms with E-state index in [0.717, 1.165) is 22.5 Å². The zero-order valence-electron chi connectivity index (χ0n) is 16.0. The van der Waals surface area contributed by atoms with Gasteiger partial charge in [-0.1, -0.05) is 78.9 Å². The van der Waals surface area contributed by atoms with Crippen molar-refractivity contribution in [1.29, 1.82) is 0 Å². The Balaban J connectivity index is 1.66. The summed E-state index contributed by atoms with van der Waals surface area (Å²) in [4.78, 5) is 18.0. The lowest BCUT2D eigenvalue weighted by Gasteiger charge is -2.10. The minimum Gasteiger partial charge on any atom is -0.272 e. The second-order valence-electron chi connectivity index (χ2n) is 6.72. The van der Waals surface area contributed by atoms with Crippen molar-refractivity contribution in [2.45, 2.75) is 5.16 Å². The first-order valence-corrected chi connectivity index (χ1v) is 10.8. The number of para-hydroxylation sites is 1. The Morgan fingerprint density at radius 2 is 1.40 bits per heavy atom. The Morgan fingerprint density at radius 3 is 2.07 bits per heavy atom. The highest BCUT2D eigenvalue weighted by molar-refractivity contribution is 7.90. The molecule has 30 heavy (non-hydrogen) atoms. The Bertz CT molecular complexity index is 1310. The number of hydrogen-bond donors (Lipinski definition) is 1. The van der Waals surface area contributed by atoms with Crippen LogP contribution in [0.1, 0.15) is 5.56 Å². The van der Waals surface area contributed by atoms with Crippen molar-refractivity contribution < 1.29 is 0 Å². The second kappa shape index (κ2) is 7.93. The van der Waals surface area contributed by atoms with Gasteiger partial charge in [-0.3, -0.25) is 14.8 Å². The van der Waals surface area contributed by atoms with Crippen molar-refractivity contribution >= 4 is 22.1 Å². The van der Waals surface area contributed by atoms with Crippen LogP contribution >= 0.6 is 0 Å². The number of aromatic nitrogens is 2. The van der Waals surface area contributed by atoms with Gasteiger partial charge in [0.15, 0.2) is 5.16 Å². The molecule has 0 aliphatic carbocycles. The van der Waals surface area contributed by atoms with Gasteiger partial charge < -0.3 is 0 Å². The summed E-state index contributed by atoms with van der Waals surface area (Å²) in [5.74, 6) is 0. The van der Waals surface area contributed by atoms with Gasteiger partial charge in [-0.15, -0.1) is 4.47 Å². The highest BCUT2D eigenvalue weighted by Crippen LogP contribution is 2.29. The lowest BCUT2D eigenvalue weighted by Crippen LogP contribution is -2.21. The van der Waals surface area contributed by atoms with Gasteiger partial charge >= 0.3 is 0 Å². The van der Waals surface area contributed by atoms with E-state index in [9.17, 15) is 4.79 Å². The average molecular weight is 411 g/mol. The fraction of sp³-hybridized carbons (Fsp3) is 0. The minimum absolute atomic E-state index is 0.112. The van der Waals surface area contributed by atoms with Crippen molar-refractivity contribution in [3.63, 3.8) is 0 Å². The fourth-order valence-corrected chi connectivity index (χ4v) is 4.74. The maximum atomic E-state index is 13.1. The SMILES string of the molecule is O=c1cc(-c2ccccc2)nc2n1C(c1ccccc1)=CS2=NNc1ccccc1. The average Bonchev–Trinajstić information content (AvgIpc) is 3.19. The van der Waals surface area contributed by atoms with Gasteiger partial charge in [0.25, 0.3) is 5.56 Å². The normalized spacial score (nSPS) is 14.9. The molecule has 4 aromatic rings. The van der Waals surface area contributed by atoms with Crippen LogP contribution < -0.4 is 11.0 Å². The molecule has 1 aromatic heterocycles. The van der Waals surface area contributed by atoms with Crippen molar-refractivity contribution in [3.8, 4) is 11.3 Å². The standard InChI is InChI=1S/C24H18N4OS/c29-23-16-21(18-10-4-1-5-11-18)25-24-28(23)22(19-12-6-2-7-13-19)17-30(24)27-26-20-14-8-3-9-15-20/h1-17,26H. The Morgan fingerprint density at radius 1 is 0.800 bits per heavy atom. The topological polar surface area (TPSA) is 59.3 Å². The summed E-state index contributed by atoms with van der Waals surface area (Å²) < 4.78 is 6.33. The summed E-state index contributed by atoms with van der Waals surface area (Å²) in [6.07, 6.45) is 0. The van der Waals surface area contributed by atoms with Gasteiger partial charge in [0.2, 0.25) is 0 Å².